The minimum absolute atomic E-state index is 0.0294. The van der Waals surface area contributed by atoms with Crippen molar-refractivity contribution >= 4 is 34.4 Å². The Bertz CT molecular complexity index is 946. The molecule has 6 nitrogen and oxygen atoms in total. The first-order chi connectivity index (χ1) is 12.6. The van der Waals surface area contributed by atoms with E-state index >= 15 is 0 Å². The van der Waals surface area contributed by atoms with Crippen molar-refractivity contribution in [2.45, 2.75) is 25.8 Å². The van der Waals surface area contributed by atoms with Gasteiger partial charge in [-0.25, -0.2) is 9.97 Å². The standard InChI is InChI=1S/C19H20ClN5O/c1-12(26)24-15-5-7-25(8-6-15)19-17-16(10-21-18(17)22-11-23-19)13-3-2-4-14(20)9-13/h2-4,9-11,15H,5-8H2,1H3,(H,24,26)(H,21,22,23). The van der Waals surface area contributed by atoms with Crippen molar-refractivity contribution in [1.82, 2.24) is 20.3 Å². The average molecular weight is 370 g/mol. The van der Waals surface area contributed by atoms with Gasteiger partial charge in [0.05, 0.1) is 5.39 Å². The maximum absolute atomic E-state index is 11.3. The molecule has 0 aliphatic carbocycles. The highest BCUT2D eigenvalue weighted by atomic mass is 35.5. The van der Waals surface area contributed by atoms with E-state index in [4.69, 9.17) is 11.6 Å². The normalized spacial score (nSPS) is 15.4. The molecule has 1 aromatic carbocycles. The largest absolute Gasteiger partial charge is 0.356 e. The van der Waals surface area contributed by atoms with E-state index in [1.54, 1.807) is 13.3 Å². The van der Waals surface area contributed by atoms with Crippen LogP contribution >= 0.6 is 11.6 Å². The summed E-state index contributed by atoms with van der Waals surface area (Å²) in [6, 6.07) is 8.03. The van der Waals surface area contributed by atoms with Crippen molar-refractivity contribution in [2.24, 2.45) is 0 Å². The zero-order valence-corrected chi connectivity index (χ0v) is 15.3. The number of nitrogens with one attached hydrogen (secondary N) is 2. The van der Waals surface area contributed by atoms with E-state index in [1.807, 2.05) is 30.5 Å². The molecule has 2 N–H and O–H groups in total. The Morgan fingerprint density at radius 1 is 1.31 bits per heavy atom. The van der Waals surface area contributed by atoms with Crippen molar-refractivity contribution in [3.63, 3.8) is 0 Å². The number of carbonyl (C=O) groups is 1. The van der Waals surface area contributed by atoms with E-state index in [0.717, 1.165) is 53.9 Å². The molecule has 3 heterocycles. The molecule has 1 fully saturated rings. The van der Waals surface area contributed by atoms with Gasteiger partial charge in [-0.05, 0) is 30.5 Å². The van der Waals surface area contributed by atoms with Crippen LogP contribution in [0.2, 0.25) is 5.02 Å². The summed E-state index contributed by atoms with van der Waals surface area (Å²) in [5.74, 6) is 0.953. The van der Waals surface area contributed by atoms with Crippen LogP contribution in [0.1, 0.15) is 19.8 Å². The van der Waals surface area contributed by atoms with Crippen molar-refractivity contribution in [3.8, 4) is 11.1 Å². The SMILES string of the molecule is CC(=O)NC1CCN(c2ncnc3[nH]cc(-c4cccc(Cl)c4)c23)CC1. The van der Waals surface area contributed by atoms with Crippen molar-refractivity contribution < 1.29 is 4.79 Å². The van der Waals surface area contributed by atoms with Crippen LogP contribution in [0.15, 0.2) is 36.8 Å². The maximum Gasteiger partial charge on any atom is 0.217 e. The number of anilines is 1. The van der Waals surface area contributed by atoms with Gasteiger partial charge in [0.1, 0.15) is 17.8 Å². The molecule has 4 rings (SSSR count). The topological polar surface area (TPSA) is 73.9 Å². The molecular formula is C19H20ClN5O. The number of nitrogens with zero attached hydrogens (tertiary/aromatic N) is 3. The predicted molar refractivity (Wildman–Crippen MR) is 103 cm³/mol. The number of aromatic nitrogens is 3. The van der Waals surface area contributed by atoms with Crippen LogP contribution in [-0.4, -0.2) is 40.0 Å². The summed E-state index contributed by atoms with van der Waals surface area (Å²) in [5, 5.41) is 4.72. The molecule has 0 spiro atoms. The molecule has 1 aliphatic rings. The number of halogens is 1. The first-order valence-electron chi connectivity index (χ1n) is 8.72. The van der Waals surface area contributed by atoms with Gasteiger partial charge in [-0.3, -0.25) is 4.79 Å². The molecule has 1 saturated heterocycles. The number of benzene rings is 1. The minimum atomic E-state index is 0.0294. The number of fused-ring (bicyclic) bond motifs is 1. The summed E-state index contributed by atoms with van der Waals surface area (Å²) in [6.45, 7) is 3.26. The van der Waals surface area contributed by atoms with E-state index in [-0.39, 0.29) is 11.9 Å². The zero-order valence-electron chi connectivity index (χ0n) is 14.5. The van der Waals surface area contributed by atoms with Crippen LogP contribution in [0.25, 0.3) is 22.2 Å². The summed E-state index contributed by atoms with van der Waals surface area (Å²) >= 11 is 6.17. The molecule has 3 aromatic rings. The van der Waals surface area contributed by atoms with E-state index in [2.05, 4.69) is 25.2 Å². The summed E-state index contributed by atoms with van der Waals surface area (Å²) in [6.07, 6.45) is 5.36. The fraction of sp³-hybridized carbons (Fsp3) is 0.316. The molecule has 7 heteroatoms. The molecule has 134 valence electrons. The predicted octanol–water partition coefficient (Wildman–Crippen LogP) is 3.38. The molecule has 1 aliphatic heterocycles. The van der Waals surface area contributed by atoms with Gasteiger partial charge in [0.25, 0.3) is 0 Å². The lowest BCUT2D eigenvalue weighted by Gasteiger charge is -2.33. The number of piperidine rings is 1. The molecule has 26 heavy (non-hydrogen) atoms. The van der Waals surface area contributed by atoms with Crippen molar-refractivity contribution in [2.75, 3.05) is 18.0 Å². The number of hydrogen-bond donors (Lipinski definition) is 2. The molecule has 1 amide bonds. The van der Waals surface area contributed by atoms with Gasteiger partial charge in [0.15, 0.2) is 0 Å². The van der Waals surface area contributed by atoms with E-state index in [0.29, 0.717) is 5.02 Å². The Hall–Kier alpha value is -2.60. The van der Waals surface area contributed by atoms with Crippen LogP contribution in [0.5, 0.6) is 0 Å². The molecule has 0 radical (unpaired) electrons. The molecule has 0 bridgehead atoms. The molecule has 0 atom stereocenters. The number of amides is 1. The third-order valence-electron chi connectivity index (χ3n) is 4.79. The van der Waals surface area contributed by atoms with Gasteiger partial charge >= 0.3 is 0 Å². The van der Waals surface area contributed by atoms with Gasteiger partial charge in [-0.2, -0.15) is 0 Å². The third kappa shape index (κ3) is 3.24. The van der Waals surface area contributed by atoms with Gasteiger partial charge in [-0.15, -0.1) is 0 Å². The van der Waals surface area contributed by atoms with Crippen LogP contribution in [-0.2, 0) is 4.79 Å². The monoisotopic (exact) mass is 369 g/mol. The second kappa shape index (κ2) is 6.96. The first-order valence-corrected chi connectivity index (χ1v) is 9.09. The summed E-state index contributed by atoms with van der Waals surface area (Å²) in [5.41, 5.74) is 2.89. The number of aromatic amines is 1. The van der Waals surface area contributed by atoms with Gasteiger partial charge in [0.2, 0.25) is 5.91 Å². The summed E-state index contributed by atoms with van der Waals surface area (Å²) in [7, 11) is 0. The van der Waals surface area contributed by atoms with Crippen molar-refractivity contribution in [3.05, 3.63) is 41.8 Å². The number of H-pyrrole nitrogens is 1. The Morgan fingerprint density at radius 3 is 2.85 bits per heavy atom. The second-order valence-corrected chi connectivity index (χ2v) is 7.03. The lowest BCUT2D eigenvalue weighted by atomic mass is 10.0. The molecule has 0 saturated carbocycles. The summed E-state index contributed by atoms with van der Waals surface area (Å²) < 4.78 is 0. The van der Waals surface area contributed by atoms with Crippen LogP contribution < -0.4 is 10.2 Å². The van der Waals surface area contributed by atoms with E-state index < -0.39 is 0 Å². The van der Waals surface area contributed by atoms with Crippen molar-refractivity contribution in [1.29, 1.82) is 0 Å². The van der Waals surface area contributed by atoms with Gasteiger partial charge in [-0.1, -0.05) is 23.7 Å². The molecule has 0 unspecified atom stereocenters. The van der Waals surface area contributed by atoms with E-state index in [1.165, 1.54) is 0 Å². The van der Waals surface area contributed by atoms with Gasteiger partial charge in [0, 0.05) is 42.8 Å². The fourth-order valence-electron chi connectivity index (χ4n) is 3.59. The van der Waals surface area contributed by atoms with Crippen LogP contribution in [0.3, 0.4) is 0 Å². The molecule has 2 aromatic heterocycles. The quantitative estimate of drug-likeness (QED) is 0.742. The Balaban J connectivity index is 1.68. The first kappa shape index (κ1) is 16.8. The average Bonchev–Trinajstić information content (AvgIpc) is 3.06. The van der Waals surface area contributed by atoms with Crippen LogP contribution in [0, 0.1) is 0 Å². The maximum atomic E-state index is 11.3. The Labute approximate surface area is 156 Å². The Kier molecular flexibility index (Phi) is 4.51. The lowest BCUT2D eigenvalue weighted by Crippen LogP contribution is -2.44. The highest BCUT2D eigenvalue weighted by Crippen LogP contribution is 2.35. The number of carbonyl (C=O) groups excluding carboxylic acids is 1. The van der Waals surface area contributed by atoms with Gasteiger partial charge < -0.3 is 15.2 Å². The highest BCUT2D eigenvalue weighted by molar-refractivity contribution is 6.31. The Morgan fingerprint density at radius 2 is 2.12 bits per heavy atom. The third-order valence-corrected chi connectivity index (χ3v) is 5.02. The number of rotatable bonds is 3. The lowest BCUT2D eigenvalue weighted by molar-refractivity contribution is -0.119. The zero-order chi connectivity index (χ0) is 18.1. The minimum Gasteiger partial charge on any atom is -0.356 e. The molecular weight excluding hydrogens is 350 g/mol. The second-order valence-electron chi connectivity index (χ2n) is 6.60. The smallest absolute Gasteiger partial charge is 0.217 e. The van der Waals surface area contributed by atoms with E-state index in [9.17, 15) is 4.79 Å². The highest BCUT2D eigenvalue weighted by Gasteiger charge is 2.24. The fourth-order valence-corrected chi connectivity index (χ4v) is 3.78. The number of hydrogen-bond acceptors (Lipinski definition) is 4. The summed E-state index contributed by atoms with van der Waals surface area (Å²) in [4.78, 5) is 25.7. The van der Waals surface area contributed by atoms with Crippen LogP contribution in [0.4, 0.5) is 5.82 Å².